The van der Waals surface area contributed by atoms with Crippen LogP contribution in [0.4, 0.5) is 0 Å². The van der Waals surface area contributed by atoms with Gasteiger partial charge in [0.1, 0.15) is 6.04 Å². The third-order valence-electron chi connectivity index (χ3n) is 1.87. The Morgan fingerprint density at radius 1 is 1.44 bits per heavy atom. The number of ether oxygens (including phenoxy) is 1. The summed E-state index contributed by atoms with van der Waals surface area (Å²) in [4.78, 5) is 22.7. The molecule has 4 heteroatoms. The lowest BCUT2D eigenvalue weighted by Crippen LogP contribution is -2.41. The number of methoxy groups -OCH3 is 1. The zero-order valence-corrected chi connectivity index (χ0v) is 9.19. The Labute approximate surface area is 97.4 Å². The first kappa shape index (κ1) is 9.39. The molecule has 0 heterocycles. The highest BCUT2D eigenvalue weighted by Crippen LogP contribution is 2.04. The molecule has 16 heavy (non-hydrogen) atoms. The normalized spacial score (nSPS) is 14.4. The number of carbonyl (C=O) groups excluding carboxylic acids is 2. The summed E-state index contributed by atoms with van der Waals surface area (Å²) in [5.74, 6) is -1.32. The van der Waals surface area contributed by atoms with E-state index in [0.29, 0.717) is 5.56 Å². The molecule has 0 aliphatic heterocycles. The van der Waals surface area contributed by atoms with E-state index < -0.39 is 24.3 Å². The van der Waals surface area contributed by atoms with Crippen LogP contribution in [0.2, 0.25) is 0 Å². The molecule has 4 nitrogen and oxygen atoms in total. The Bertz CT molecular complexity index is 434. The molecule has 0 bridgehead atoms. The van der Waals surface area contributed by atoms with E-state index in [2.05, 4.69) is 10.1 Å². The van der Waals surface area contributed by atoms with Crippen molar-refractivity contribution in [3.05, 3.63) is 35.9 Å². The maximum Gasteiger partial charge on any atom is 0.328 e. The van der Waals surface area contributed by atoms with Crippen LogP contribution in [0.5, 0.6) is 0 Å². The predicted octanol–water partition coefficient (Wildman–Crippen LogP) is 0.907. The van der Waals surface area contributed by atoms with E-state index in [9.17, 15) is 9.59 Å². The van der Waals surface area contributed by atoms with E-state index in [0.717, 1.165) is 7.11 Å². The minimum absolute atomic E-state index is 0.300. The molecule has 0 spiro atoms. The zero-order chi connectivity index (χ0) is 13.8. The first-order valence-electron chi connectivity index (χ1n) is 5.80. The average molecular weight is 223 g/mol. The molecule has 0 radical (unpaired) electrons. The summed E-state index contributed by atoms with van der Waals surface area (Å²) >= 11 is 0. The van der Waals surface area contributed by atoms with E-state index in [4.69, 9.17) is 2.74 Å². The Morgan fingerprint density at radius 2 is 2.06 bits per heavy atom. The maximum atomic E-state index is 11.6. The van der Waals surface area contributed by atoms with Crippen LogP contribution >= 0.6 is 0 Å². The predicted molar refractivity (Wildman–Crippen MR) is 59.8 cm³/mol. The van der Waals surface area contributed by atoms with Crippen LogP contribution in [0.1, 0.15) is 15.2 Å². The highest BCUT2D eigenvalue weighted by atomic mass is 16.5. The number of hydrogen-bond acceptors (Lipinski definition) is 3. The molecule has 0 aliphatic rings. The summed E-state index contributed by atoms with van der Waals surface area (Å²) < 4.78 is 20.5. The highest BCUT2D eigenvalue weighted by molar-refractivity contribution is 5.83. The fraction of sp³-hybridized carbons (Fsp3) is 0.333. The van der Waals surface area contributed by atoms with E-state index in [1.54, 1.807) is 30.3 Å². The molecule has 1 atom stereocenters. The first-order valence-corrected chi connectivity index (χ1v) is 4.80. The fourth-order valence-corrected chi connectivity index (χ4v) is 1.18. The molecule has 0 aliphatic carbocycles. The molecule has 86 valence electrons. The van der Waals surface area contributed by atoms with Gasteiger partial charge in [0.15, 0.2) is 0 Å². The summed E-state index contributed by atoms with van der Waals surface area (Å²) in [6.45, 7) is 1.22. The second kappa shape index (κ2) is 5.90. The Morgan fingerprint density at radius 3 is 2.56 bits per heavy atom. The number of amides is 1. The van der Waals surface area contributed by atoms with Gasteiger partial charge in [0.05, 0.1) is 7.11 Å². The molecule has 1 aromatic carbocycles. The van der Waals surface area contributed by atoms with Crippen molar-refractivity contribution in [1.29, 1.82) is 0 Å². The lowest BCUT2D eigenvalue weighted by molar-refractivity contribution is -0.144. The highest BCUT2D eigenvalue weighted by Gasteiger charge is 2.20. The van der Waals surface area contributed by atoms with Crippen molar-refractivity contribution in [2.24, 2.45) is 0 Å². The number of carbonyl (C=O) groups is 2. The molecule has 1 N–H and O–H groups in total. The van der Waals surface area contributed by atoms with Crippen molar-refractivity contribution < 1.29 is 17.1 Å². The smallest absolute Gasteiger partial charge is 0.328 e. The average Bonchev–Trinajstić information content (AvgIpc) is 2.35. The molecule has 1 unspecified atom stereocenters. The Hall–Kier alpha value is -1.84. The van der Waals surface area contributed by atoms with Crippen molar-refractivity contribution in [3.63, 3.8) is 0 Å². The molecular weight excluding hydrogens is 206 g/mol. The summed E-state index contributed by atoms with van der Waals surface area (Å²) in [7, 11) is 1.15. The second-order valence-electron chi connectivity index (χ2n) is 3.17. The van der Waals surface area contributed by atoms with Gasteiger partial charge in [-0.1, -0.05) is 30.3 Å². The fourth-order valence-electron chi connectivity index (χ4n) is 1.18. The maximum absolute atomic E-state index is 11.6. The van der Waals surface area contributed by atoms with Crippen LogP contribution in [-0.4, -0.2) is 25.0 Å². The van der Waals surface area contributed by atoms with Gasteiger partial charge >= 0.3 is 5.97 Å². The van der Waals surface area contributed by atoms with Gasteiger partial charge in [-0.15, -0.1) is 0 Å². The van der Waals surface area contributed by atoms with Crippen LogP contribution in [0.3, 0.4) is 0 Å². The number of benzene rings is 1. The van der Waals surface area contributed by atoms with Gasteiger partial charge in [0.2, 0.25) is 5.91 Å². The van der Waals surface area contributed by atoms with Gasteiger partial charge in [-0.2, -0.15) is 0 Å². The van der Waals surface area contributed by atoms with E-state index in [-0.39, 0.29) is 0 Å². The number of esters is 1. The van der Waals surface area contributed by atoms with Gasteiger partial charge in [-0.05, 0) is 5.56 Å². The van der Waals surface area contributed by atoms with Crippen LogP contribution in [0.25, 0.3) is 0 Å². The quantitative estimate of drug-likeness (QED) is 0.772. The SMILES string of the molecule is [2H]C([2H])(c1ccccc1)C(NC(C)=O)C(=O)OC. The number of rotatable bonds is 4. The third-order valence-corrected chi connectivity index (χ3v) is 1.87. The Balaban J connectivity index is 3.10. The summed E-state index contributed by atoms with van der Waals surface area (Å²) in [5, 5.41) is 2.28. The van der Waals surface area contributed by atoms with Crippen LogP contribution in [0, 0.1) is 0 Å². The topological polar surface area (TPSA) is 55.4 Å². The van der Waals surface area contributed by atoms with Crippen molar-refractivity contribution >= 4 is 11.9 Å². The molecule has 0 saturated carbocycles. The number of hydrogen-bond donors (Lipinski definition) is 1. The van der Waals surface area contributed by atoms with E-state index in [1.807, 2.05) is 0 Å². The molecule has 0 fully saturated rings. The molecule has 1 aromatic rings. The lowest BCUT2D eigenvalue weighted by atomic mass is 10.1. The van der Waals surface area contributed by atoms with Crippen LogP contribution in [-0.2, 0) is 20.7 Å². The van der Waals surface area contributed by atoms with Gasteiger partial charge in [0.25, 0.3) is 0 Å². The Kier molecular flexibility index (Phi) is 3.46. The molecule has 0 saturated heterocycles. The largest absolute Gasteiger partial charge is 0.467 e. The van der Waals surface area contributed by atoms with Crippen molar-refractivity contribution in [2.45, 2.75) is 19.3 Å². The summed E-state index contributed by atoms with van der Waals surface area (Å²) in [5.41, 5.74) is 0.300. The van der Waals surface area contributed by atoms with Crippen molar-refractivity contribution in [3.8, 4) is 0 Å². The van der Waals surface area contributed by atoms with Crippen LogP contribution in [0.15, 0.2) is 30.3 Å². The first-order chi connectivity index (χ1) is 8.39. The molecule has 1 rings (SSSR count). The van der Waals surface area contributed by atoms with Gasteiger partial charge < -0.3 is 10.1 Å². The second-order valence-corrected chi connectivity index (χ2v) is 3.17. The van der Waals surface area contributed by atoms with Crippen LogP contribution < -0.4 is 5.32 Å². The van der Waals surface area contributed by atoms with Gasteiger partial charge in [-0.3, -0.25) is 4.79 Å². The van der Waals surface area contributed by atoms with E-state index in [1.165, 1.54) is 6.92 Å². The minimum Gasteiger partial charge on any atom is -0.467 e. The van der Waals surface area contributed by atoms with Crippen molar-refractivity contribution in [2.75, 3.05) is 7.11 Å². The van der Waals surface area contributed by atoms with E-state index >= 15 is 0 Å². The van der Waals surface area contributed by atoms with Gasteiger partial charge in [0, 0.05) is 16.0 Å². The monoisotopic (exact) mass is 223 g/mol. The standard InChI is InChI=1S/C12H15NO3/c1-9(14)13-11(12(15)16-2)8-10-6-4-3-5-7-10/h3-7,11H,8H2,1-2H3,(H,13,14)/i8D2. The zero-order valence-electron chi connectivity index (χ0n) is 11.2. The lowest BCUT2D eigenvalue weighted by Gasteiger charge is -2.15. The summed E-state index contributed by atoms with van der Waals surface area (Å²) in [6.07, 6.45) is -2.04. The molecule has 0 aromatic heterocycles. The third kappa shape index (κ3) is 3.73. The minimum atomic E-state index is -2.04. The molecule has 1 amide bonds. The number of nitrogens with one attached hydrogen (secondary N) is 1. The van der Waals surface area contributed by atoms with Gasteiger partial charge in [-0.25, -0.2) is 4.79 Å². The summed E-state index contributed by atoms with van der Waals surface area (Å²) in [6, 6.07) is 6.80. The molecular formula is C12H15NO3. The van der Waals surface area contributed by atoms with Crippen molar-refractivity contribution in [1.82, 2.24) is 5.32 Å².